The van der Waals surface area contributed by atoms with Crippen molar-refractivity contribution >= 4 is 23.2 Å². The molecule has 6 nitrogen and oxygen atoms in total. The number of benzene rings is 2. The fraction of sp³-hybridized carbons (Fsp3) is 0.125. The van der Waals surface area contributed by atoms with Crippen LogP contribution in [-0.2, 0) is 0 Å². The molecule has 0 bridgehead atoms. The predicted octanol–water partition coefficient (Wildman–Crippen LogP) is 2.91. The van der Waals surface area contributed by atoms with Gasteiger partial charge in [-0.3, -0.25) is 4.79 Å². The van der Waals surface area contributed by atoms with E-state index in [1.165, 1.54) is 31.4 Å². The molecule has 0 heterocycles. The molecule has 120 valence electrons. The van der Waals surface area contributed by atoms with Gasteiger partial charge < -0.3 is 14.9 Å². The summed E-state index contributed by atoms with van der Waals surface area (Å²) in [5.41, 5.74) is 3.53. The highest BCUT2D eigenvalue weighted by Crippen LogP contribution is 2.26. The Kier molecular flexibility index (Phi) is 5.08. The molecule has 0 spiro atoms. The molecule has 0 radical (unpaired) electrons. The van der Waals surface area contributed by atoms with Gasteiger partial charge in [0, 0.05) is 10.6 Å². The number of methoxy groups -OCH3 is 1. The van der Waals surface area contributed by atoms with Crippen molar-refractivity contribution in [1.82, 2.24) is 5.43 Å². The molecule has 0 saturated carbocycles. The highest BCUT2D eigenvalue weighted by Gasteiger charge is 2.11. The molecule has 2 aromatic carbocycles. The molecule has 0 unspecified atom stereocenters. The predicted molar refractivity (Wildman–Crippen MR) is 87.5 cm³/mol. The number of hydrazone groups is 1. The second kappa shape index (κ2) is 7.02. The summed E-state index contributed by atoms with van der Waals surface area (Å²) in [6, 6.07) is 8.86. The van der Waals surface area contributed by atoms with Crippen LogP contribution >= 0.6 is 11.6 Å². The van der Waals surface area contributed by atoms with E-state index < -0.39 is 5.91 Å². The molecule has 0 aliphatic rings. The van der Waals surface area contributed by atoms with Crippen LogP contribution in [0.15, 0.2) is 41.5 Å². The first-order chi connectivity index (χ1) is 10.9. The van der Waals surface area contributed by atoms with Gasteiger partial charge in [-0.25, -0.2) is 5.43 Å². The zero-order chi connectivity index (χ0) is 17.0. The van der Waals surface area contributed by atoms with Crippen LogP contribution < -0.4 is 10.2 Å². The van der Waals surface area contributed by atoms with Crippen molar-refractivity contribution in [2.24, 2.45) is 5.10 Å². The number of nitrogens with one attached hydrogen (secondary N) is 1. The van der Waals surface area contributed by atoms with Crippen molar-refractivity contribution in [3.63, 3.8) is 0 Å². The van der Waals surface area contributed by atoms with Crippen molar-refractivity contribution < 1.29 is 19.7 Å². The van der Waals surface area contributed by atoms with Crippen LogP contribution in [0, 0.1) is 0 Å². The lowest BCUT2D eigenvalue weighted by atomic mass is 10.1. The first kappa shape index (κ1) is 16.6. The topological polar surface area (TPSA) is 91.2 Å². The highest BCUT2D eigenvalue weighted by molar-refractivity contribution is 6.31. The van der Waals surface area contributed by atoms with Gasteiger partial charge >= 0.3 is 0 Å². The van der Waals surface area contributed by atoms with E-state index in [2.05, 4.69) is 10.5 Å². The summed E-state index contributed by atoms with van der Waals surface area (Å²) in [6.45, 7) is 1.68. The molecular formula is C16H15ClN2O4. The third kappa shape index (κ3) is 3.92. The van der Waals surface area contributed by atoms with Crippen LogP contribution in [0.4, 0.5) is 0 Å². The minimum atomic E-state index is -0.588. The number of halogens is 1. The maximum atomic E-state index is 12.0. The van der Waals surface area contributed by atoms with E-state index in [1.54, 1.807) is 19.1 Å². The minimum absolute atomic E-state index is 0.0111. The van der Waals surface area contributed by atoms with E-state index in [4.69, 9.17) is 16.3 Å². The number of ether oxygens (including phenoxy) is 1. The monoisotopic (exact) mass is 334 g/mol. The Bertz CT molecular complexity index is 775. The second-order valence-electron chi connectivity index (χ2n) is 4.69. The normalized spacial score (nSPS) is 11.2. The molecule has 0 atom stereocenters. The molecule has 0 aromatic heterocycles. The largest absolute Gasteiger partial charge is 0.507 e. The molecule has 2 aromatic rings. The number of hydrogen-bond donors (Lipinski definition) is 3. The highest BCUT2D eigenvalue weighted by atomic mass is 35.5. The summed E-state index contributed by atoms with van der Waals surface area (Å²) in [4.78, 5) is 12.0. The fourth-order valence-electron chi connectivity index (χ4n) is 1.85. The number of aromatic hydroxyl groups is 2. The van der Waals surface area contributed by atoms with E-state index in [1.807, 2.05) is 0 Å². The smallest absolute Gasteiger partial charge is 0.275 e. The van der Waals surface area contributed by atoms with Crippen LogP contribution in [-0.4, -0.2) is 28.9 Å². The fourth-order valence-corrected chi connectivity index (χ4v) is 2.02. The molecule has 1 amide bonds. The van der Waals surface area contributed by atoms with Gasteiger partial charge in [-0.15, -0.1) is 0 Å². The van der Waals surface area contributed by atoms with Gasteiger partial charge in [0.15, 0.2) is 11.5 Å². The van der Waals surface area contributed by atoms with Gasteiger partial charge in [0.1, 0.15) is 5.75 Å². The van der Waals surface area contributed by atoms with Crippen LogP contribution in [0.5, 0.6) is 17.2 Å². The number of rotatable bonds is 4. The van der Waals surface area contributed by atoms with Gasteiger partial charge in [-0.05, 0) is 43.3 Å². The number of nitrogens with zero attached hydrogens (tertiary/aromatic N) is 1. The molecule has 7 heteroatoms. The summed E-state index contributed by atoms with van der Waals surface area (Å²) < 4.78 is 5.02. The van der Waals surface area contributed by atoms with Crippen LogP contribution in [0.3, 0.4) is 0 Å². The summed E-state index contributed by atoms with van der Waals surface area (Å²) in [5, 5.41) is 23.5. The lowest BCUT2D eigenvalue weighted by Gasteiger charge is -2.07. The third-order valence-electron chi connectivity index (χ3n) is 3.13. The number of hydrogen-bond acceptors (Lipinski definition) is 5. The summed E-state index contributed by atoms with van der Waals surface area (Å²) in [7, 11) is 1.44. The molecule has 3 N–H and O–H groups in total. The molecule has 0 fully saturated rings. The van der Waals surface area contributed by atoms with Gasteiger partial charge in [0.2, 0.25) is 0 Å². The average Bonchev–Trinajstić information content (AvgIpc) is 2.55. The zero-order valence-corrected chi connectivity index (χ0v) is 13.3. The SMILES string of the molecule is COc1cc(C(C)=NNC(=O)c2cc(Cl)ccc2O)ccc1O. The average molecular weight is 335 g/mol. The van der Waals surface area contributed by atoms with Crippen molar-refractivity contribution in [2.75, 3.05) is 7.11 Å². The Balaban J connectivity index is 2.19. The summed E-state index contributed by atoms with van der Waals surface area (Å²) >= 11 is 5.80. The Hall–Kier alpha value is -2.73. The van der Waals surface area contributed by atoms with Crippen molar-refractivity contribution in [3.05, 3.63) is 52.5 Å². The summed E-state index contributed by atoms with van der Waals surface area (Å²) in [5.74, 6) is -0.464. The van der Waals surface area contributed by atoms with Gasteiger partial charge in [0.05, 0.1) is 18.4 Å². The first-order valence-corrected chi connectivity index (χ1v) is 7.00. The second-order valence-corrected chi connectivity index (χ2v) is 5.12. The van der Waals surface area contributed by atoms with E-state index in [9.17, 15) is 15.0 Å². The lowest BCUT2D eigenvalue weighted by molar-refractivity contribution is 0.0952. The van der Waals surface area contributed by atoms with Gasteiger partial charge in [-0.1, -0.05) is 11.6 Å². The number of phenols is 2. The standard InChI is InChI=1S/C16H15ClN2O4/c1-9(10-3-5-14(21)15(7-10)23-2)18-19-16(22)12-8-11(17)4-6-13(12)20/h3-8,20-21H,1-2H3,(H,19,22). The maximum absolute atomic E-state index is 12.0. The molecule has 0 saturated heterocycles. The van der Waals surface area contributed by atoms with Crippen molar-refractivity contribution in [3.8, 4) is 17.2 Å². The number of carbonyl (C=O) groups excluding carboxylic acids is 1. The maximum Gasteiger partial charge on any atom is 0.275 e. The van der Waals surface area contributed by atoms with Crippen molar-refractivity contribution in [1.29, 1.82) is 0 Å². The Labute approximate surface area is 138 Å². The van der Waals surface area contributed by atoms with Gasteiger partial charge in [0.25, 0.3) is 5.91 Å². The number of amides is 1. The van der Waals surface area contributed by atoms with Crippen LogP contribution in [0.2, 0.25) is 5.02 Å². The molecular weight excluding hydrogens is 320 g/mol. The molecule has 0 aliphatic carbocycles. The van der Waals surface area contributed by atoms with Crippen LogP contribution in [0.1, 0.15) is 22.8 Å². The Morgan fingerprint density at radius 1 is 1.17 bits per heavy atom. The summed E-state index contributed by atoms with van der Waals surface area (Å²) in [6.07, 6.45) is 0. The quantitative estimate of drug-likeness (QED) is 0.592. The lowest BCUT2D eigenvalue weighted by Crippen LogP contribution is -2.19. The zero-order valence-electron chi connectivity index (χ0n) is 12.5. The van der Waals surface area contributed by atoms with E-state index in [0.29, 0.717) is 22.0 Å². The third-order valence-corrected chi connectivity index (χ3v) is 3.36. The van der Waals surface area contributed by atoms with E-state index in [0.717, 1.165) is 0 Å². The van der Waals surface area contributed by atoms with Gasteiger partial charge in [-0.2, -0.15) is 5.10 Å². The van der Waals surface area contributed by atoms with Crippen molar-refractivity contribution in [2.45, 2.75) is 6.92 Å². The number of carbonyl (C=O) groups is 1. The molecule has 2 rings (SSSR count). The van der Waals surface area contributed by atoms with E-state index >= 15 is 0 Å². The van der Waals surface area contributed by atoms with E-state index in [-0.39, 0.29) is 17.1 Å². The first-order valence-electron chi connectivity index (χ1n) is 6.63. The molecule has 0 aliphatic heterocycles. The Morgan fingerprint density at radius 2 is 1.87 bits per heavy atom. The molecule has 23 heavy (non-hydrogen) atoms. The van der Waals surface area contributed by atoms with Crippen LogP contribution in [0.25, 0.3) is 0 Å². The Morgan fingerprint density at radius 3 is 2.57 bits per heavy atom. The number of phenolic OH excluding ortho intramolecular Hbond substituents is 2. The minimum Gasteiger partial charge on any atom is -0.507 e.